The number of hydrogen-bond acceptors (Lipinski definition) is 1. The Labute approximate surface area is 71.8 Å². The maximum absolute atomic E-state index is 11.4. The third-order valence-corrected chi connectivity index (χ3v) is 2.21. The summed E-state index contributed by atoms with van der Waals surface area (Å²) < 4.78 is 0. The summed E-state index contributed by atoms with van der Waals surface area (Å²) in [5.41, 5.74) is 2.16. The van der Waals surface area contributed by atoms with Gasteiger partial charge in [-0.05, 0) is 19.8 Å². The van der Waals surface area contributed by atoms with Gasteiger partial charge in [-0.3, -0.25) is 4.79 Å². The molecule has 11 heavy (non-hydrogen) atoms. The smallest absolute Gasteiger partial charge is 0.250 e. The van der Waals surface area contributed by atoms with Crippen LogP contribution >= 0.6 is 11.6 Å². The predicted octanol–water partition coefficient (Wildman–Crippen LogP) is 1.75. The van der Waals surface area contributed by atoms with Crippen LogP contribution < -0.4 is 0 Å². The molecule has 1 heterocycles. The molecule has 1 rings (SSSR count). The molecule has 62 valence electrons. The molecule has 0 bridgehead atoms. The maximum Gasteiger partial charge on any atom is 0.250 e. The van der Waals surface area contributed by atoms with Crippen molar-refractivity contribution in [1.82, 2.24) is 4.90 Å². The van der Waals surface area contributed by atoms with Gasteiger partial charge in [-0.2, -0.15) is 0 Å². The summed E-state index contributed by atoms with van der Waals surface area (Å²) in [6, 6.07) is 0. The van der Waals surface area contributed by atoms with E-state index in [0.717, 1.165) is 31.5 Å². The van der Waals surface area contributed by atoms with E-state index < -0.39 is 0 Å². The van der Waals surface area contributed by atoms with E-state index in [9.17, 15) is 4.79 Å². The van der Waals surface area contributed by atoms with Crippen molar-refractivity contribution in [3.8, 4) is 0 Å². The second-order valence-corrected chi connectivity index (χ2v) is 2.84. The summed E-state index contributed by atoms with van der Waals surface area (Å²) in [7, 11) is 0. The zero-order chi connectivity index (χ0) is 8.27. The zero-order valence-corrected chi connectivity index (χ0v) is 7.40. The van der Waals surface area contributed by atoms with Crippen LogP contribution in [0.15, 0.2) is 11.1 Å². The van der Waals surface area contributed by atoms with E-state index in [1.54, 1.807) is 0 Å². The highest BCUT2D eigenvalue weighted by Crippen LogP contribution is 2.17. The standard InChI is InChI=1S/C8H12ClNO/c1-2-10-5-3-4-7(6-9)8(10)11/h6H,2-5H2,1H3/b7-6+. The molecule has 0 unspecified atom stereocenters. The van der Waals surface area contributed by atoms with Gasteiger partial charge in [0.25, 0.3) is 5.91 Å². The molecule has 1 aliphatic rings. The first-order valence-electron chi connectivity index (χ1n) is 3.88. The van der Waals surface area contributed by atoms with Crippen molar-refractivity contribution in [2.75, 3.05) is 13.1 Å². The van der Waals surface area contributed by atoms with Crippen molar-refractivity contribution in [3.05, 3.63) is 11.1 Å². The van der Waals surface area contributed by atoms with Gasteiger partial charge in [-0.25, -0.2) is 0 Å². The van der Waals surface area contributed by atoms with Crippen molar-refractivity contribution >= 4 is 17.5 Å². The third kappa shape index (κ3) is 1.74. The van der Waals surface area contributed by atoms with Gasteiger partial charge in [0, 0.05) is 24.2 Å². The Hall–Kier alpha value is -0.500. The number of likely N-dealkylation sites (N-methyl/N-ethyl adjacent to an activating group) is 1. The van der Waals surface area contributed by atoms with Crippen LogP contribution in [0.3, 0.4) is 0 Å². The average Bonchev–Trinajstić information content (AvgIpc) is 2.05. The van der Waals surface area contributed by atoms with Gasteiger partial charge in [0.2, 0.25) is 0 Å². The molecule has 0 aromatic rings. The SMILES string of the molecule is CCN1CCC/C(=C\Cl)C1=O. The molecule has 2 nitrogen and oxygen atoms in total. The molecule has 0 aromatic carbocycles. The lowest BCUT2D eigenvalue weighted by atomic mass is 10.1. The zero-order valence-electron chi connectivity index (χ0n) is 6.64. The number of carbonyl (C=O) groups is 1. The highest BCUT2D eigenvalue weighted by molar-refractivity contribution is 6.27. The number of halogens is 1. The fraction of sp³-hybridized carbons (Fsp3) is 0.625. The highest BCUT2D eigenvalue weighted by atomic mass is 35.5. The van der Waals surface area contributed by atoms with E-state index in [4.69, 9.17) is 11.6 Å². The Morgan fingerprint density at radius 3 is 3.00 bits per heavy atom. The van der Waals surface area contributed by atoms with E-state index in [2.05, 4.69) is 0 Å². The van der Waals surface area contributed by atoms with Gasteiger partial charge >= 0.3 is 0 Å². The molecule has 1 amide bonds. The molecule has 3 heteroatoms. The molecule has 0 atom stereocenters. The molecular formula is C8H12ClNO. The molecule has 0 aliphatic carbocycles. The van der Waals surface area contributed by atoms with Gasteiger partial charge in [0.05, 0.1) is 0 Å². The lowest BCUT2D eigenvalue weighted by Gasteiger charge is -2.26. The largest absolute Gasteiger partial charge is 0.339 e. The molecular weight excluding hydrogens is 162 g/mol. The predicted molar refractivity (Wildman–Crippen MR) is 45.4 cm³/mol. The molecule has 0 saturated carbocycles. The van der Waals surface area contributed by atoms with E-state index in [0.29, 0.717) is 0 Å². The van der Waals surface area contributed by atoms with Gasteiger partial charge in [0.15, 0.2) is 0 Å². The minimum absolute atomic E-state index is 0.105. The van der Waals surface area contributed by atoms with Crippen LogP contribution in [0.2, 0.25) is 0 Å². The summed E-state index contributed by atoms with van der Waals surface area (Å²) >= 11 is 5.49. The number of amides is 1. The van der Waals surface area contributed by atoms with Gasteiger partial charge < -0.3 is 4.90 Å². The van der Waals surface area contributed by atoms with E-state index >= 15 is 0 Å². The molecule has 0 radical (unpaired) electrons. The number of carbonyl (C=O) groups excluding carboxylic acids is 1. The van der Waals surface area contributed by atoms with Crippen LogP contribution in [-0.4, -0.2) is 23.9 Å². The molecule has 1 aliphatic heterocycles. The van der Waals surface area contributed by atoms with Crippen molar-refractivity contribution < 1.29 is 4.79 Å². The van der Waals surface area contributed by atoms with Crippen LogP contribution in [0.25, 0.3) is 0 Å². The highest BCUT2D eigenvalue weighted by Gasteiger charge is 2.20. The topological polar surface area (TPSA) is 20.3 Å². The average molecular weight is 174 g/mol. The van der Waals surface area contributed by atoms with Gasteiger partial charge in [0.1, 0.15) is 0 Å². The number of rotatable bonds is 1. The maximum atomic E-state index is 11.4. The summed E-state index contributed by atoms with van der Waals surface area (Å²) in [6.07, 6.45) is 1.87. The molecule has 0 aromatic heterocycles. The van der Waals surface area contributed by atoms with Crippen LogP contribution in [0.1, 0.15) is 19.8 Å². The third-order valence-electron chi connectivity index (χ3n) is 1.95. The summed E-state index contributed by atoms with van der Waals surface area (Å²) in [4.78, 5) is 13.2. The summed E-state index contributed by atoms with van der Waals surface area (Å²) in [5, 5.41) is 0. The van der Waals surface area contributed by atoms with Crippen molar-refractivity contribution in [2.24, 2.45) is 0 Å². The second kappa shape index (κ2) is 3.77. The second-order valence-electron chi connectivity index (χ2n) is 2.62. The van der Waals surface area contributed by atoms with Crippen molar-refractivity contribution in [2.45, 2.75) is 19.8 Å². The first kappa shape index (κ1) is 8.60. The van der Waals surface area contributed by atoms with Crippen LogP contribution in [0.4, 0.5) is 0 Å². The number of piperidine rings is 1. The molecule has 0 N–H and O–H groups in total. The van der Waals surface area contributed by atoms with Crippen LogP contribution in [0.5, 0.6) is 0 Å². The fourth-order valence-electron chi connectivity index (χ4n) is 1.27. The Morgan fingerprint density at radius 1 is 1.73 bits per heavy atom. The number of likely N-dealkylation sites (tertiary alicyclic amines) is 1. The quantitative estimate of drug-likeness (QED) is 0.554. The Balaban J connectivity index is 2.67. The fourth-order valence-corrected chi connectivity index (χ4v) is 1.48. The van der Waals surface area contributed by atoms with Crippen LogP contribution in [-0.2, 0) is 4.79 Å². The Morgan fingerprint density at radius 2 is 2.45 bits per heavy atom. The van der Waals surface area contributed by atoms with Gasteiger partial charge in [-0.15, -0.1) is 0 Å². The van der Waals surface area contributed by atoms with Crippen LogP contribution in [0, 0.1) is 0 Å². The molecule has 1 saturated heterocycles. The lowest BCUT2D eigenvalue weighted by Crippen LogP contribution is -2.36. The Bertz CT molecular complexity index is 189. The van der Waals surface area contributed by atoms with Crippen molar-refractivity contribution in [3.63, 3.8) is 0 Å². The first-order chi connectivity index (χ1) is 5.29. The van der Waals surface area contributed by atoms with Gasteiger partial charge in [-0.1, -0.05) is 11.6 Å². The lowest BCUT2D eigenvalue weighted by molar-refractivity contribution is -0.128. The number of hydrogen-bond donors (Lipinski definition) is 0. The first-order valence-corrected chi connectivity index (χ1v) is 4.31. The van der Waals surface area contributed by atoms with E-state index in [1.807, 2.05) is 11.8 Å². The molecule has 1 fully saturated rings. The summed E-state index contributed by atoms with van der Waals surface area (Å²) in [5.74, 6) is 0.105. The number of nitrogens with zero attached hydrogens (tertiary/aromatic N) is 1. The normalized spacial score (nSPS) is 22.9. The minimum atomic E-state index is 0.105. The Kier molecular flexibility index (Phi) is 2.94. The molecule has 0 spiro atoms. The monoisotopic (exact) mass is 173 g/mol. The van der Waals surface area contributed by atoms with E-state index in [-0.39, 0.29) is 5.91 Å². The minimum Gasteiger partial charge on any atom is -0.339 e. The van der Waals surface area contributed by atoms with E-state index in [1.165, 1.54) is 5.54 Å². The summed E-state index contributed by atoms with van der Waals surface area (Å²) in [6.45, 7) is 3.64. The van der Waals surface area contributed by atoms with Crippen molar-refractivity contribution in [1.29, 1.82) is 0 Å².